The molecule has 26 heavy (non-hydrogen) atoms. The summed E-state index contributed by atoms with van der Waals surface area (Å²) in [6.45, 7) is 1.70. The SMILES string of the molecule is O=C1C[C@H](C(=O)N2CCCC[C@H]2c2ccccc2)CN1Cc1ccco1. The van der Waals surface area contributed by atoms with Gasteiger partial charge in [0.05, 0.1) is 24.8 Å². The van der Waals surface area contributed by atoms with E-state index in [2.05, 4.69) is 12.1 Å². The van der Waals surface area contributed by atoms with Gasteiger partial charge in [-0.05, 0) is 37.0 Å². The minimum Gasteiger partial charge on any atom is -0.467 e. The van der Waals surface area contributed by atoms with Crippen molar-refractivity contribution in [2.45, 2.75) is 38.3 Å². The highest BCUT2D eigenvalue weighted by atomic mass is 16.3. The molecule has 2 atom stereocenters. The minimum atomic E-state index is -0.248. The third kappa shape index (κ3) is 3.39. The molecule has 0 spiro atoms. The number of furan rings is 1. The number of hydrogen-bond donors (Lipinski definition) is 0. The number of piperidine rings is 1. The first-order valence-corrected chi connectivity index (χ1v) is 9.38. The molecule has 5 nitrogen and oxygen atoms in total. The van der Waals surface area contributed by atoms with E-state index in [0.29, 0.717) is 19.5 Å². The van der Waals surface area contributed by atoms with Crippen LogP contribution in [0, 0.1) is 5.92 Å². The molecule has 1 aromatic heterocycles. The summed E-state index contributed by atoms with van der Waals surface area (Å²) >= 11 is 0. The van der Waals surface area contributed by atoms with Crippen LogP contribution in [-0.4, -0.2) is 34.7 Å². The molecular formula is C21H24N2O3. The molecule has 2 aromatic rings. The lowest BCUT2D eigenvalue weighted by atomic mass is 9.93. The second-order valence-electron chi connectivity index (χ2n) is 7.21. The first-order valence-electron chi connectivity index (χ1n) is 9.38. The van der Waals surface area contributed by atoms with E-state index in [1.165, 1.54) is 5.56 Å². The Morgan fingerprint density at radius 1 is 1.12 bits per heavy atom. The van der Waals surface area contributed by atoms with E-state index in [1.54, 1.807) is 11.2 Å². The zero-order valence-electron chi connectivity index (χ0n) is 14.8. The zero-order valence-corrected chi connectivity index (χ0v) is 14.8. The second kappa shape index (κ2) is 7.36. The molecule has 2 amide bonds. The van der Waals surface area contributed by atoms with Crippen LogP contribution in [0.2, 0.25) is 0 Å². The zero-order chi connectivity index (χ0) is 17.9. The number of benzene rings is 1. The number of amides is 2. The van der Waals surface area contributed by atoms with Gasteiger partial charge in [-0.15, -0.1) is 0 Å². The molecule has 5 heteroatoms. The van der Waals surface area contributed by atoms with E-state index in [-0.39, 0.29) is 23.8 Å². The lowest BCUT2D eigenvalue weighted by Gasteiger charge is -2.37. The molecule has 0 N–H and O–H groups in total. The number of carbonyl (C=O) groups is 2. The maximum Gasteiger partial charge on any atom is 0.228 e. The van der Waals surface area contributed by atoms with Crippen molar-refractivity contribution < 1.29 is 14.0 Å². The quantitative estimate of drug-likeness (QED) is 0.848. The number of rotatable bonds is 4. The standard InChI is InChI=1S/C21H24N2O3/c24-20-13-17(14-22(20)15-18-9-6-12-26-18)21(25)23-11-5-4-10-19(23)16-7-2-1-3-8-16/h1-3,6-9,12,17,19H,4-5,10-11,13-15H2/t17-,19-/m0/s1. The fraction of sp³-hybridized carbons (Fsp3) is 0.429. The summed E-state index contributed by atoms with van der Waals surface area (Å²) in [5.74, 6) is 0.662. The van der Waals surface area contributed by atoms with Gasteiger partial charge < -0.3 is 14.2 Å². The first-order chi connectivity index (χ1) is 12.7. The molecule has 4 rings (SSSR count). The molecule has 0 bridgehead atoms. The van der Waals surface area contributed by atoms with Crippen LogP contribution in [0.3, 0.4) is 0 Å². The van der Waals surface area contributed by atoms with Gasteiger partial charge in [-0.1, -0.05) is 30.3 Å². The van der Waals surface area contributed by atoms with Crippen LogP contribution in [0.5, 0.6) is 0 Å². The van der Waals surface area contributed by atoms with Gasteiger partial charge in [0.2, 0.25) is 11.8 Å². The van der Waals surface area contributed by atoms with Crippen LogP contribution in [0.4, 0.5) is 0 Å². The van der Waals surface area contributed by atoms with Gasteiger partial charge in [-0.3, -0.25) is 9.59 Å². The predicted molar refractivity (Wildman–Crippen MR) is 97.0 cm³/mol. The lowest BCUT2D eigenvalue weighted by molar-refractivity contribution is -0.139. The molecule has 0 aliphatic carbocycles. The Balaban J connectivity index is 1.46. The Morgan fingerprint density at radius 3 is 2.73 bits per heavy atom. The van der Waals surface area contributed by atoms with Crippen molar-refractivity contribution in [2.24, 2.45) is 5.92 Å². The van der Waals surface area contributed by atoms with Crippen molar-refractivity contribution in [1.29, 1.82) is 0 Å². The third-order valence-corrected chi connectivity index (χ3v) is 5.46. The Kier molecular flexibility index (Phi) is 4.78. The van der Waals surface area contributed by atoms with Gasteiger partial charge in [0.15, 0.2) is 0 Å². The summed E-state index contributed by atoms with van der Waals surface area (Å²) in [4.78, 5) is 29.3. The normalized spacial score (nSPS) is 23.5. The van der Waals surface area contributed by atoms with Crippen molar-refractivity contribution in [3.05, 3.63) is 60.1 Å². The average molecular weight is 352 g/mol. The molecule has 2 saturated heterocycles. The van der Waals surface area contributed by atoms with Crippen LogP contribution >= 0.6 is 0 Å². The third-order valence-electron chi connectivity index (χ3n) is 5.46. The van der Waals surface area contributed by atoms with E-state index >= 15 is 0 Å². The number of nitrogens with zero attached hydrogens (tertiary/aromatic N) is 2. The molecule has 0 unspecified atom stereocenters. The van der Waals surface area contributed by atoms with Gasteiger partial charge in [-0.2, -0.15) is 0 Å². The van der Waals surface area contributed by atoms with Crippen molar-refractivity contribution in [2.75, 3.05) is 13.1 Å². The number of hydrogen-bond acceptors (Lipinski definition) is 3. The summed E-state index contributed by atoms with van der Waals surface area (Å²) in [6, 6.07) is 14.0. The van der Waals surface area contributed by atoms with Crippen LogP contribution in [0.1, 0.15) is 43.0 Å². The second-order valence-corrected chi connectivity index (χ2v) is 7.21. The summed E-state index contributed by atoms with van der Waals surface area (Å²) < 4.78 is 5.34. The van der Waals surface area contributed by atoms with E-state index < -0.39 is 0 Å². The van der Waals surface area contributed by atoms with Gasteiger partial charge >= 0.3 is 0 Å². The molecule has 2 aliphatic heterocycles. The topological polar surface area (TPSA) is 53.8 Å². The Morgan fingerprint density at radius 2 is 1.96 bits per heavy atom. The van der Waals surface area contributed by atoms with E-state index in [4.69, 9.17) is 4.42 Å². The Labute approximate surface area is 153 Å². The minimum absolute atomic E-state index is 0.0352. The van der Waals surface area contributed by atoms with Crippen molar-refractivity contribution in [3.63, 3.8) is 0 Å². The molecule has 3 heterocycles. The summed E-state index contributed by atoms with van der Waals surface area (Å²) in [7, 11) is 0. The van der Waals surface area contributed by atoms with Crippen LogP contribution in [-0.2, 0) is 16.1 Å². The highest BCUT2D eigenvalue weighted by Gasteiger charge is 2.39. The van der Waals surface area contributed by atoms with Crippen LogP contribution in [0.25, 0.3) is 0 Å². The molecule has 2 fully saturated rings. The number of likely N-dealkylation sites (tertiary alicyclic amines) is 2. The van der Waals surface area contributed by atoms with E-state index in [9.17, 15) is 9.59 Å². The molecule has 2 aliphatic rings. The largest absolute Gasteiger partial charge is 0.467 e. The van der Waals surface area contributed by atoms with Crippen LogP contribution in [0.15, 0.2) is 53.1 Å². The molecular weight excluding hydrogens is 328 g/mol. The van der Waals surface area contributed by atoms with Gasteiger partial charge in [0.25, 0.3) is 0 Å². The van der Waals surface area contributed by atoms with Crippen molar-refractivity contribution in [3.8, 4) is 0 Å². The lowest BCUT2D eigenvalue weighted by Crippen LogP contribution is -2.42. The monoisotopic (exact) mass is 352 g/mol. The highest BCUT2D eigenvalue weighted by Crippen LogP contribution is 2.33. The van der Waals surface area contributed by atoms with Gasteiger partial charge in [0, 0.05) is 19.5 Å². The van der Waals surface area contributed by atoms with Gasteiger partial charge in [-0.25, -0.2) is 0 Å². The van der Waals surface area contributed by atoms with E-state index in [0.717, 1.165) is 31.6 Å². The van der Waals surface area contributed by atoms with Crippen molar-refractivity contribution in [1.82, 2.24) is 9.80 Å². The summed E-state index contributed by atoms with van der Waals surface area (Å²) in [6.07, 6.45) is 5.07. The fourth-order valence-electron chi connectivity index (χ4n) is 4.13. The highest BCUT2D eigenvalue weighted by molar-refractivity contribution is 5.89. The smallest absolute Gasteiger partial charge is 0.228 e. The molecule has 1 aromatic carbocycles. The summed E-state index contributed by atoms with van der Waals surface area (Å²) in [5, 5.41) is 0. The summed E-state index contributed by atoms with van der Waals surface area (Å²) in [5.41, 5.74) is 1.19. The Bertz CT molecular complexity index is 757. The average Bonchev–Trinajstić information content (AvgIpc) is 3.32. The predicted octanol–water partition coefficient (Wildman–Crippen LogP) is 3.38. The maximum absolute atomic E-state index is 13.2. The fourth-order valence-corrected chi connectivity index (χ4v) is 4.13. The molecule has 0 saturated carbocycles. The van der Waals surface area contributed by atoms with Crippen LogP contribution < -0.4 is 0 Å². The maximum atomic E-state index is 13.2. The Hall–Kier alpha value is -2.56. The molecule has 0 radical (unpaired) electrons. The van der Waals surface area contributed by atoms with Crippen molar-refractivity contribution >= 4 is 11.8 Å². The van der Waals surface area contributed by atoms with Gasteiger partial charge in [0.1, 0.15) is 5.76 Å². The molecule has 136 valence electrons. The number of carbonyl (C=O) groups excluding carboxylic acids is 2. The first kappa shape index (κ1) is 16.9. The van der Waals surface area contributed by atoms with E-state index in [1.807, 2.05) is 35.2 Å².